The van der Waals surface area contributed by atoms with E-state index in [4.69, 9.17) is 9.68 Å². The second-order valence-electron chi connectivity index (χ2n) is 6.03. The highest BCUT2D eigenvalue weighted by atomic mass is 19.1. The summed E-state index contributed by atoms with van der Waals surface area (Å²) in [6.45, 7) is 2.37. The van der Waals surface area contributed by atoms with Gasteiger partial charge in [0.2, 0.25) is 0 Å². The Morgan fingerprint density at radius 1 is 1.12 bits per heavy atom. The van der Waals surface area contributed by atoms with Gasteiger partial charge in [0.05, 0.1) is 17.9 Å². The summed E-state index contributed by atoms with van der Waals surface area (Å²) in [7, 11) is 0. The van der Waals surface area contributed by atoms with Gasteiger partial charge in [-0.3, -0.25) is 4.79 Å². The molecule has 0 fully saturated rings. The van der Waals surface area contributed by atoms with Crippen LogP contribution in [0.4, 0.5) is 4.39 Å². The summed E-state index contributed by atoms with van der Waals surface area (Å²) < 4.78 is 18.8. The molecule has 1 amide bonds. The van der Waals surface area contributed by atoms with Gasteiger partial charge in [0.1, 0.15) is 5.82 Å². The van der Waals surface area contributed by atoms with Gasteiger partial charge in [0.15, 0.2) is 5.76 Å². The first-order valence-electron chi connectivity index (χ1n) is 8.13. The molecule has 5 heteroatoms. The van der Waals surface area contributed by atoms with Crippen molar-refractivity contribution in [2.75, 3.05) is 0 Å². The number of hydrogen-bond acceptors (Lipinski definition) is 3. The average molecular weight is 348 g/mol. The minimum Gasteiger partial charge on any atom is -0.459 e. The fourth-order valence-electron chi connectivity index (χ4n) is 2.70. The molecule has 0 N–H and O–H groups in total. The monoisotopic (exact) mass is 348 g/mol. The van der Waals surface area contributed by atoms with Crippen LogP contribution >= 0.6 is 0 Å². The molecule has 0 atom stereocenters. The normalized spacial score (nSPS) is 10.3. The highest BCUT2D eigenvalue weighted by Crippen LogP contribution is 2.18. The van der Waals surface area contributed by atoms with Crippen LogP contribution < -0.4 is 0 Å². The number of rotatable bonds is 5. The molecule has 0 saturated heterocycles. The average Bonchev–Trinajstić information content (AvgIpc) is 3.07. The Hall–Kier alpha value is -3.39. The van der Waals surface area contributed by atoms with Crippen LogP contribution in [0, 0.1) is 24.1 Å². The summed E-state index contributed by atoms with van der Waals surface area (Å²) in [4.78, 5) is 14.5. The Bertz CT molecular complexity index is 955. The predicted molar refractivity (Wildman–Crippen MR) is 94.6 cm³/mol. The van der Waals surface area contributed by atoms with E-state index in [1.165, 1.54) is 18.4 Å². The molecule has 0 aliphatic carbocycles. The van der Waals surface area contributed by atoms with E-state index in [1.807, 2.05) is 0 Å². The zero-order valence-corrected chi connectivity index (χ0v) is 14.3. The van der Waals surface area contributed by atoms with Gasteiger partial charge in [0, 0.05) is 18.7 Å². The molecule has 0 bridgehead atoms. The minimum atomic E-state index is -0.345. The Balaban J connectivity index is 1.88. The molecule has 2 aromatic carbocycles. The SMILES string of the molecule is Cc1ccoc1C(=O)N(Cc1ccc(C#N)cc1)Cc1cccc(F)c1. The van der Waals surface area contributed by atoms with E-state index < -0.39 is 0 Å². The number of carbonyl (C=O) groups excluding carboxylic acids is 1. The summed E-state index contributed by atoms with van der Waals surface area (Å²) in [5.74, 6) is -0.335. The molecule has 0 radical (unpaired) electrons. The minimum absolute atomic E-state index is 0.247. The van der Waals surface area contributed by atoms with Crippen LogP contribution in [-0.4, -0.2) is 10.8 Å². The van der Waals surface area contributed by atoms with Crippen molar-refractivity contribution in [2.45, 2.75) is 20.0 Å². The van der Waals surface area contributed by atoms with E-state index in [-0.39, 0.29) is 24.0 Å². The van der Waals surface area contributed by atoms with Gasteiger partial charge in [-0.2, -0.15) is 5.26 Å². The van der Waals surface area contributed by atoms with Gasteiger partial charge >= 0.3 is 0 Å². The summed E-state index contributed by atoms with van der Waals surface area (Å²) in [6, 6.07) is 17.0. The van der Waals surface area contributed by atoms with Gasteiger partial charge in [-0.15, -0.1) is 0 Å². The zero-order chi connectivity index (χ0) is 18.5. The van der Waals surface area contributed by atoms with Crippen LogP contribution in [0.15, 0.2) is 65.3 Å². The second-order valence-corrected chi connectivity index (χ2v) is 6.03. The Kier molecular flexibility index (Phi) is 5.14. The van der Waals surface area contributed by atoms with Crippen molar-refractivity contribution >= 4 is 5.91 Å². The fraction of sp³-hybridized carbons (Fsp3) is 0.143. The number of halogens is 1. The maximum Gasteiger partial charge on any atom is 0.290 e. The summed E-state index contributed by atoms with van der Waals surface area (Å²) in [5, 5.41) is 8.91. The molecule has 0 aliphatic rings. The van der Waals surface area contributed by atoms with E-state index in [2.05, 4.69) is 6.07 Å². The number of amides is 1. The molecule has 3 rings (SSSR count). The first-order chi connectivity index (χ1) is 12.6. The lowest BCUT2D eigenvalue weighted by molar-refractivity contribution is 0.0696. The topological polar surface area (TPSA) is 57.2 Å². The number of hydrogen-bond donors (Lipinski definition) is 0. The molecule has 4 nitrogen and oxygen atoms in total. The number of furan rings is 1. The van der Waals surface area contributed by atoms with Crippen LogP contribution in [-0.2, 0) is 13.1 Å². The lowest BCUT2D eigenvalue weighted by atomic mass is 10.1. The van der Waals surface area contributed by atoms with Crippen molar-refractivity contribution in [2.24, 2.45) is 0 Å². The van der Waals surface area contributed by atoms with Crippen molar-refractivity contribution in [1.29, 1.82) is 5.26 Å². The molecule has 3 aromatic rings. The molecule has 0 spiro atoms. The number of aryl methyl sites for hydroxylation is 1. The van der Waals surface area contributed by atoms with E-state index in [9.17, 15) is 9.18 Å². The lowest BCUT2D eigenvalue weighted by Gasteiger charge is -2.22. The number of nitriles is 1. The molecular weight excluding hydrogens is 331 g/mol. The van der Waals surface area contributed by atoms with E-state index in [1.54, 1.807) is 54.3 Å². The largest absolute Gasteiger partial charge is 0.459 e. The zero-order valence-electron chi connectivity index (χ0n) is 14.3. The first-order valence-corrected chi connectivity index (χ1v) is 8.13. The molecular formula is C21H17FN2O2. The van der Waals surface area contributed by atoms with Crippen molar-refractivity contribution in [1.82, 2.24) is 4.90 Å². The van der Waals surface area contributed by atoms with Crippen molar-refractivity contribution in [3.05, 3.63) is 94.7 Å². The van der Waals surface area contributed by atoms with Crippen LogP contribution in [0.3, 0.4) is 0 Å². The summed E-state index contributed by atoms with van der Waals surface area (Å²) in [6.07, 6.45) is 1.48. The fourth-order valence-corrected chi connectivity index (χ4v) is 2.70. The predicted octanol–water partition coefficient (Wildman–Crippen LogP) is 4.44. The van der Waals surface area contributed by atoms with Crippen molar-refractivity contribution in [3.63, 3.8) is 0 Å². The molecule has 1 aromatic heterocycles. The summed E-state index contributed by atoms with van der Waals surface area (Å²) >= 11 is 0. The van der Waals surface area contributed by atoms with E-state index in [0.29, 0.717) is 17.7 Å². The highest BCUT2D eigenvalue weighted by Gasteiger charge is 2.21. The maximum atomic E-state index is 13.5. The molecule has 1 heterocycles. The second kappa shape index (κ2) is 7.66. The lowest BCUT2D eigenvalue weighted by Crippen LogP contribution is -2.30. The van der Waals surface area contributed by atoms with E-state index >= 15 is 0 Å². The smallest absolute Gasteiger partial charge is 0.290 e. The Morgan fingerprint density at radius 2 is 1.85 bits per heavy atom. The van der Waals surface area contributed by atoms with Gasteiger partial charge in [-0.25, -0.2) is 4.39 Å². The molecule has 0 unspecified atom stereocenters. The van der Waals surface area contributed by atoms with Crippen LogP contribution in [0.25, 0.3) is 0 Å². The molecule has 26 heavy (non-hydrogen) atoms. The summed E-state index contributed by atoms with van der Waals surface area (Å²) in [5.41, 5.74) is 2.87. The van der Waals surface area contributed by atoms with Gasteiger partial charge in [-0.05, 0) is 48.4 Å². The first kappa shape index (κ1) is 17.4. The molecule has 0 aliphatic heterocycles. The van der Waals surface area contributed by atoms with E-state index in [0.717, 1.165) is 11.1 Å². The quantitative estimate of drug-likeness (QED) is 0.685. The van der Waals surface area contributed by atoms with Crippen molar-refractivity contribution in [3.8, 4) is 6.07 Å². The third-order valence-electron chi connectivity index (χ3n) is 4.06. The van der Waals surface area contributed by atoms with Crippen LogP contribution in [0.2, 0.25) is 0 Å². The van der Waals surface area contributed by atoms with Crippen LogP contribution in [0.1, 0.15) is 32.8 Å². The standard InChI is InChI=1S/C21H17FN2O2/c1-15-9-10-26-20(15)21(25)24(14-18-3-2-4-19(22)11-18)13-17-7-5-16(12-23)6-8-17/h2-11H,13-14H2,1H3. The van der Waals surface area contributed by atoms with Crippen molar-refractivity contribution < 1.29 is 13.6 Å². The Labute approximate surface area is 151 Å². The third kappa shape index (κ3) is 3.98. The molecule has 0 saturated carbocycles. The number of nitrogens with zero attached hydrogens (tertiary/aromatic N) is 2. The van der Waals surface area contributed by atoms with Crippen LogP contribution in [0.5, 0.6) is 0 Å². The Morgan fingerprint density at radius 3 is 2.46 bits per heavy atom. The van der Waals surface area contributed by atoms with Gasteiger partial charge in [0.25, 0.3) is 5.91 Å². The highest BCUT2D eigenvalue weighted by molar-refractivity contribution is 5.92. The molecule has 130 valence electrons. The van der Waals surface area contributed by atoms with Gasteiger partial charge < -0.3 is 9.32 Å². The third-order valence-corrected chi connectivity index (χ3v) is 4.06. The number of benzene rings is 2. The van der Waals surface area contributed by atoms with Gasteiger partial charge in [-0.1, -0.05) is 24.3 Å². The maximum absolute atomic E-state index is 13.5. The number of carbonyl (C=O) groups is 1.